The van der Waals surface area contributed by atoms with Gasteiger partial charge < -0.3 is 60.0 Å². The summed E-state index contributed by atoms with van der Waals surface area (Å²) < 4.78 is 21.3. The van der Waals surface area contributed by atoms with E-state index in [1.165, 1.54) is 6.07 Å². The van der Waals surface area contributed by atoms with Crippen LogP contribution < -0.4 is 31.5 Å². The minimum atomic E-state index is -0.911. The van der Waals surface area contributed by atoms with Gasteiger partial charge in [0.15, 0.2) is 0 Å². The van der Waals surface area contributed by atoms with Crippen molar-refractivity contribution in [2.45, 2.75) is 70.5 Å². The predicted molar refractivity (Wildman–Crippen MR) is 248 cm³/mol. The number of hydrogen-bond donors (Lipinski definition) is 5. The average molecular weight is 962 g/mol. The Morgan fingerprint density at radius 1 is 0.746 bits per heavy atom. The van der Waals surface area contributed by atoms with Crippen LogP contribution in [0.15, 0.2) is 42.5 Å². The Kier molecular flexibility index (Phi) is 27.4. The number of ether oxygens (including phenoxy) is 4. The summed E-state index contributed by atoms with van der Waals surface area (Å²) in [6, 6.07) is 10.5. The Bertz CT molecular complexity index is 1870. The Balaban J connectivity index is 1.35. The third-order valence-electron chi connectivity index (χ3n) is 10.3. The highest BCUT2D eigenvalue weighted by atomic mass is 35.5. The number of rotatable bonds is 35. The minimum Gasteiger partial charge on any atom is -0.379 e. The first kappa shape index (κ1) is 55.7. The Hall–Kier alpha value is -5.58. The molecule has 67 heavy (non-hydrogen) atoms. The topological polar surface area (TPSA) is 266 Å². The van der Waals surface area contributed by atoms with Gasteiger partial charge in [-0.05, 0) is 75.3 Å². The zero-order valence-corrected chi connectivity index (χ0v) is 38.9. The number of unbranched alkanes of at least 4 members (excludes halogenated alkanes) is 2. The normalized spacial score (nSPS) is 13.5. The highest BCUT2D eigenvalue weighted by Crippen LogP contribution is 2.30. The van der Waals surface area contributed by atoms with Gasteiger partial charge in [-0.2, -0.15) is 0 Å². The van der Waals surface area contributed by atoms with Crippen LogP contribution in [-0.4, -0.2) is 163 Å². The van der Waals surface area contributed by atoms with Crippen molar-refractivity contribution in [2.24, 2.45) is 0 Å². The number of anilines is 1. The van der Waals surface area contributed by atoms with Crippen LogP contribution in [0.2, 0.25) is 5.02 Å². The summed E-state index contributed by atoms with van der Waals surface area (Å²) in [6.45, 7) is 6.66. The van der Waals surface area contributed by atoms with Crippen LogP contribution in [0.1, 0.15) is 67.8 Å². The summed E-state index contributed by atoms with van der Waals surface area (Å²) in [4.78, 5) is 100. The highest BCUT2D eigenvalue weighted by Gasteiger charge is 2.26. The number of amides is 5. The van der Waals surface area contributed by atoms with Crippen molar-refractivity contribution in [1.82, 2.24) is 31.5 Å². The lowest BCUT2D eigenvalue weighted by Crippen LogP contribution is -2.48. The lowest BCUT2D eigenvalue weighted by molar-refractivity contribution is -0.384. The van der Waals surface area contributed by atoms with E-state index in [1.807, 2.05) is 36.1 Å². The molecule has 21 nitrogen and oxygen atoms in total. The van der Waals surface area contributed by atoms with E-state index in [9.17, 15) is 43.7 Å². The molecule has 3 rings (SSSR count). The summed E-state index contributed by atoms with van der Waals surface area (Å²) in [5.74, 6) is -2.31. The molecule has 0 saturated carbocycles. The van der Waals surface area contributed by atoms with Gasteiger partial charge in [-0.25, -0.2) is 0 Å². The van der Waals surface area contributed by atoms with Gasteiger partial charge in [0.25, 0.3) is 11.6 Å². The maximum absolute atomic E-state index is 13.1. The number of piperazine rings is 1. The highest BCUT2D eigenvalue weighted by molar-refractivity contribution is 6.30. The molecule has 2 unspecified atom stereocenters. The van der Waals surface area contributed by atoms with Crippen molar-refractivity contribution in [3.8, 4) is 0 Å². The average Bonchev–Trinajstić information content (AvgIpc) is 3.32. The molecule has 2 atom stereocenters. The summed E-state index contributed by atoms with van der Waals surface area (Å²) in [6.07, 6.45) is 3.47. The Morgan fingerprint density at radius 3 is 2.04 bits per heavy atom. The van der Waals surface area contributed by atoms with Gasteiger partial charge in [-0.1, -0.05) is 23.7 Å². The van der Waals surface area contributed by atoms with Gasteiger partial charge in [-0.15, -0.1) is 0 Å². The third kappa shape index (κ3) is 23.1. The second kappa shape index (κ2) is 33.0. The summed E-state index contributed by atoms with van der Waals surface area (Å²) >= 11 is 6.00. The molecule has 1 fully saturated rings. The van der Waals surface area contributed by atoms with Gasteiger partial charge in [0.05, 0.1) is 50.4 Å². The quantitative estimate of drug-likeness (QED) is 0.0217. The smallest absolute Gasteiger partial charge is 0.293 e. The molecular weight excluding hydrogens is 896 g/mol. The molecule has 0 spiro atoms. The van der Waals surface area contributed by atoms with E-state index in [4.69, 9.17) is 30.5 Å². The zero-order valence-electron chi connectivity index (χ0n) is 38.1. The summed E-state index contributed by atoms with van der Waals surface area (Å²) in [7, 11) is 0. The number of carbonyl (C=O) groups is 7. The van der Waals surface area contributed by atoms with Crippen LogP contribution in [-0.2, 0) is 54.3 Å². The first-order valence-corrected chi connectivity index (χ1v) is 22.9. The van der Waals surface area contributed by atoms with Gasteiger partial charge in [0.2, 0.25) is 23.6 Å². The van der Waals surface area contributed by atoms with Gasteiger partial charge >= 0.3 is 0 Å². The van der Waals surface area contributed by atoms with E-state index in [1.54, 1.807) is 12.1 Å². The largest absolute Gasteiger partial charge is 0.379 e. The van der Waals surface area contributed by atoms with Gasteiger partial charge in [-0.3, -0.25) is 39.0 Å². The maximum atomic E-state index is 13.1. The predicted octanol–water partition coefficient (Wildman–Crippen LogP) is 1.72. The second-order valence-electron chi connectivity index (χ2n) is 15.5. The van der Waals surface area contributed by atoms with E-state index in [0.717, 1.165) is 12.1 Å². The molecular formula is C45H65ClN8O13. The fourth-order valence-electron chi connectivity index (χ4n) is 6.82. The number of nitro benzene ring substituents is 1. The summed E-state index contributed by atoms with van der Waals surface area (Å²) in [5.41, 5.74) is 1.57. The number of halogens is 1. The summed E-state index contributed by atoms with van der Waals surface area (Å²) in [5, 5.41) is 26.1. The van der Waals surface area contributed by atoms with Gasteiger partial charge in [0.1, 0.15) is 37.5 Å². The lowest BCUT2D eigenvalue weighted by atomic mass is 10.1. The molecule has 0 aliphatic carbocycles. The molecule has 1 aliphatic rings. The van der Waals surface area contributed by atoms with Crippen LogP contribution in [0.25, 0.3) is 0 Å². The fraction of sp³-hybridized carbons (Fsp3) is 0.578. The van der Waals surface area contributed by atoms with Crippen molar-refractivity contribution >= 4 is 65.1 Å². The van der Waals surface area contributed by atoms with Crippen LogP contribution in [0.4, 0.5) is 11.4 Å². The monoisotopic (exact) mass is 960 g/mol. The van der Waals surface area contributed by atoms with E-state index < -0.39 is 46.5 Å². The molecule has 370 valence electrons. The molecule has 0 aromatic heterocycles. The first-order valence-electron chi connectivity index (χ1n) is 22.5. The molecule has 1 saturated heterocycles. The Morgan fingerprint density at radius 2 is 1.39 bits per heavy atom. The number of carbonyl (C=O) groups excluding carboxylic acids is 7. The molecule has 1 heterocycles. The fourth-order valence-corrected chi connectivity index (χ4v) is 6.95. The number of hydrogen-bond acceptors (Lipinski definition) is 15. The molecule has 1 aliphatic heterocycles. The number of aldehydes is 2. The molecule has 5 amide bonds. The zero-order chi connectivity index (χ0) is 48.7. The standard InChI is InChI=1S/C45H65ClN8O13/c1-2-64-25-27-66-32-42(58)50-37(31-56)7-3-5-17-48-45(61)38(8-4-6-16-47-41(57)15-23-55)51-43(59)33-67-28-26-65-24-18-49-44(60)35-11-14-39(40(29-35)54(62)63)53-21-19-52(20-22-53)30-34-9-12-36(46)13-10-34/h9-14,23,29,31,37-38H,2-8,15-22,24-28,30,32-33H2,1H3,(H,47,57)(H,48,61)(H,49,60)(H,50,58)(H,51,59). The number of nitro groups is 1. The first-order chi connectivity index (χ1) is 32.4. The minimum absolute atomic E-state index is 0.0327. The van der Waals surface area contributed by atoms with E-state index in [-0.39, 0.29) is 83.4 Å². The molecule has 22 heteroatoms. The number of benzene rings is 2. The molecule has 2 aromatic rings. The molecule has 2 aromatic carbocycles. The van der Waals surface area contributed by atoms with Crippen molar-refractivity contribution in [3.05, 3.63) is 68.7 Å². The maximum Gasteiger partial charge on any atom is 0.293 e. The van der Waals surface area contributed by atoms with Crippen molar-refractivity contribution in [1.29, 1.82) is 0 Å². The molecule has 0 radical (unpaired) electrons. The van der Waals surface area contributed by atoms with Crippen molar-refractivity contribution < 1.29 is 57.4 Å². The van der Waals surface area contributed by atoms with Crippen LogP contribution >= 0.6 is 11.6 Å². The van der Waals surface area contributed by atoms with E-state index in [2.05, 4.69) is 31.5 Å². The lowest BCUT2D eigenvalue weighted by Gasteiger charge is -2.35. The van der Waals surface area contributed by atoms with E-state index in [0.29, 0.717) is 94.8 Å². The van der Waals surface area contributed by atoms with E-state index >= 15 is 0 Å². The molecule has 5 N–H and O–H groups in total. The van der Waals surface area contributed by atoms with Crippen LogP contribution in [0.3, 0.4) is 0 Å². The van der Waals surface area contributed by atoms with Gasteiger partial charge in [0, 0.05) is 75.6 Å². The van der Waals surface area contributed by atoms with Crippen LogP contribution in [0, 0.1) is 10.1 Å². The Labute approximate surface area is 395 Å². The van der Waals surface area contributed by atoms with Crippen molar-refractivity contribution in [2.75, 3.05) is 104 Å². The number of nitrogens with one attached hydrogen (secondary N) is 5. The third-order valence-corrected chi connectivity index (χ3v) is 10.6. The SMILES string of the molecule is CCOCCOCC(=O)NC(C=O)CCCCNC(=O)C(CCCCNC(=O)CC=O)NC(=O)COCCOCCNC(=O)c1ccc(N2CCN(Cc3ccc(Cl)cc3)CC2)c([N+](=O)[O-])c1. The number of nitrogens with zero attached hydrogens (tertiary/aromatic N) is 3. The molecule has 0 bridgehead atoms. The van der Waals surface area contributed by atoms with Crippen molar-refractivity contribution in [3.63, 3.8) is 0 Å². The van der Waals surface area contributed by atoms with Crippen LogP contribution in [0.5, 0.6) is 0 Å². The second-order valence-corrected chi connectivity index (χ2v) is 15.9.